The number of aliphatic hydroxyl groups is 1. The SMILES string of the molecule is C=C(NC1CCCCC1)c1cnc(N2CCN(C3CCN(C/C(=C/C=C(\C)O)CC)CC3)CC2)c(O)c1. The molecule has 1 aromatic heterocycles. The molecule has 1 saturated carbocycles. The van der Waals surface area contributed by atoms with Crippen molar-refractivity contribution in [2.45, 2.75) is 77.3 Å². The molecule has 7 nitrogen and oxygen atoms in total. The summed E-state index contributed by atoms with van der Waals surface area (Å²) in [5.74, 6) is 1.30. The topological polar surface area (TPSA) is 75.1 Å². The molecule has 0 spiro atoms. The Hall–Kier alpha value is -2.51. The van der Waals surface area contributed by atoms with Crippen LogP contribution < -0.4 is 10.2 Å². The highest BCUT2D eigenvalue weighted by Crippen LogP contribution is 2.30. The number of piperidine rings is 1. The van der Waals surface area contributed by atoms with E-state index >= 15 is 0 Å². The van der Waals surface area contributed by atoms with Crippen molar-refractivity contribution in [1.82, 2.24) is 20.1 Å². The number of nitrogens with one attached hydrogen (secondary N) is 1. The Bertz CT molecular complexity index is 949. The van der Waals surface area contributed by atoms with Crippen LogP contribution >= 0.6 is 0 Å². The first-order chi connectivity index (χ1) is 17.9. The first kappa shape index (κ1) is 27.5. The Balaban J connectivity index is 1.23. The van der Waals surface area contributed by atoms with Crippen LogP contribution in [0.1, 0.15) is 70.8 Å². The number of likely N-dealkylation sites (tertiary alicyclic amines) is 1. The largest absolute Gasteiger partial charge is 0.513 e. The summed E-state index contributed by atoms with van der Waals surface area (Å²) < 4.78 is 0. The summed E-state index contributed by atoms with van der Waals surface area (Å²) in [6.07, 6.45) is 15.4. The van der Waals surface area contributed by atoms with E-state index in [2.05, 4.69) is 44.6 Å². The third kappa shape index (κ3) is 7.74. The molecule has 4 rings (SSSR count). The smallest absolute Gasteiger partial charge is 0.171 e. The fraction of sp³-hybridized carbons (Fsp3) is 0.633. The molecule has 3 N–H and O–H groups in total. The standard InChI is InChI=1S/C30H47N5O2/c1-4-25(11-10-23(2)36)22-33-14-12-28(13-15-33)34-16-18-35(19-17-34)30-29(37)20-26(21-31-30)24(3)32-27-8-6-5-7-9-27/h10-11,20-21,27-28,32,36-37H,3-9,12-19,22H2,1-2H3/b23-10+,25-11+. The highest BCUT2D eigenvalue weighted by atomic mass is 16.3. The highest BCUT2D eigenvalue weighted by Gasteiger charge is 2.28. The predicted molar refractivity (Wildman–Crippen MR) is 153 cm³/mol. The van der Waals surface area contributed by atoms with Crippen molar-refractivity contribution in [3.8, 4) is 5.75 Å². The van der Waals surface area contributed by atoms with Crippen LogP contribution in [0.25, 0.3) is 5.70 Å². The highest BCUT2D eigenvalue weighted by molar-refractivity contribution is 5.66. The lowest BCUT2D eigenvalue weighted by Crippen LogP contribution is -2.53. The Labute approximate surface area is 223 Å². The molecule has 1 aliphatic carbocycles. The van der Waals surface area contributed by atoms with Crippen molar-refractivity contribution in [3.63, 3.8) is 0 Å². The average Bonchev–Trinajstić information content (AvgIpc) is 2.92. The number of aliphatic hydroxyl groups excluding tert-OH is 1. The summed E-state index contributed by atoms with van der Waals surface area (Å²) in [5.41, 5.74) is 3.10. The molecule has 2 aliphatic heterocycles. The number of aromatic nitrogens is 1. The Kier molecular flexibility index (Phi) is 9.92. The molecule has 7 heteroatoms. The second kappa shape index (κ2) is 13.3. The van der Waals surface area contributed by atoms with Gasteiger partial charge in [-0.3, -0.25) is 9.80 Å². The van der Waals surface area contributed by atoms with Crippen LogP contribution in [0, 0.1) is 0 Å². The summed E-state index contributed by atoms with van der Waals surface area (Å²) in [7, 11) is 0. The minimum absolute atomic E-state index is 0.247. The minimum Gasteiger partial charge on any atom is -0.513 e. The number of hydrogen-bond acceptors (Lipinski definition) is 7. The second-order valence-electron chi connectivity index (χ2n) is 11.0. The van der Waals surface area contributed by atoms with Crippen LogP contribution in [-0.4, -0.2) is 82.9 Å². The molecule has 0 aromatic carbocycles. The van der Waals surface area contributed by atoms with Crippen LogP contribution in [0.3, 0.4) is 0 Å². The van der Waals surface area contributed by atoms with E-state index < -0.39 is 0 Å². The Morgan fingerprint density at radius 3 is 2.38 bits per heavy atom. The van der Waals surface area contributed by atoms with Crippen LogP contribution in [0.15, 0.2) is 42.3 Å². The molecule has 0 bridgehead atoms. The number of rotatable bonds is 9. The zero-order chi connectivity index (χ0) is 26.2. The van der Waals surface area contributed by atoms with Gasteiger partial charge in [0.2, 0.25) is 0 Å². The van der Waals surface area contributed by atoms with Crippen LogP contribution in [-0.2, 0) is 0 Å². The van der Waals surface area contributed by atoms with Gasteiger partial charge in [-0.25, -0.2) is 4.98 Å². The van der Waals surface area contributed by atoms with E-state index in [1.165, 1.54) is 50.5 Å². The molecule has 1 aromatic rings. The monoisotopic (exact) mass is 509 g/mol. The van der Waals surface area contributed by atoms with Crippen molar-refractivity contribution in [2.75, 3.05) is 50.7 Å². The van der Waals surface area contributed by atoms with Gasteiger partial charge >= 0.3 is 0 Å². The van der Waals surface area contributed by atoms with Crippen molar-refractivity contribution >= 4 is 11.5 Å². The Morgan fingerprint density at radius 2 is 1.76 bits per heavy atom. The summed E-state index contributed by atoms with van der Waals surface area (Å²) in [6.45, 7) is 15.1. The number of aromatic hydroxyl groups is 1. The molecule has 2 saturated heterocycles. The van der Waals surface area contributed by atoms with Crippen LogP contribution in [0.4, 0.5) is 5.82 Å². The van der Waals surface area contributed by atoms with Gasteiger partial charge in [0.05, 0.1) is 5.76 Å². The van der Waals surface area contributed by atoms with E-state index in [0.717, 1.165) is 63.5 Å². The molecule has 37 heavy (non-hydrogen) atoms. The quantitative estimate of drug-likeness (QED) is 0.317. The Morgan fingerprint density at radius 1 is 1.05 bits per heavy atom. The molecule has 3 fully saturated rings. The van der Waals surface area contributed by atoms with E-state index in [9.17, 15) is 10.2 Å². The lowest BCUT2D eigenvalue weighted by molar-refractivity contribution is 0.107. The number of hydrogen-bond donors (Lipinski definition) is 3. The average molecular weight is 510 g/mol. The molecular formula is C30H47N5O2. The van der Waals surface area contributed by atoms with Gasteiger partial charge in [0.15, 0.2) is 11.6 Å². The van der Waals surface area contributed by atoms with Gasteiger partial charge in [0.25, 0.3) is 0 Å². The minimum atomic E-state index is 0.247. The zero-order valence-electron chi connectivity index (χ0n) is 23.0. The third-order valence-corrected chi connectivity index (χ3v) is 8.31. The van der Waals surface area contributed by atoms with E-state index in [1.54, 1.807) is 13.0 Å². The number of pyridine rings is 1. The number of allylic oxidation sites excluding steroid dienone is 3. The number of piperazine rings is 1. The van der Waals surface area contributed by atoms with Gasteiger partial charge in [0, 0.05) is 62.3 Å². The molecule has 3 aliphatic rings. The third-order valence-electron chi connectivity index (χ3n) is 8.31. The number of anilines is 1. The van der Waals surface area contributed by atoms with E-state index in [1.807, 2.05) is 12.3 Å². The molecule has 0 amide bonds. The van der Waals surface area contributed by atoms with Crippen molar-refractivity contribution in [2.24, 2.45) is 0 Å². The van der Waals surface area contributed by atoms with Gasteiger partial charge in [-0.05, 0) is 64.3 Å². The van der Waals surface area contributed by atoms with Crippen molar-refractivity contribution in [1.29, 1.82) is 0 Å². The van der Waals surface area contributed by atoms with Gasteiger partial charge in [-0.2, -0.15) is 0 Å². The second-order valence-corrected chi connectivity index (χ2v) is 11.0. The van der Waals surface area contributed by atoms with E-state index in [4.69, 9.17) is 0 Å². The first-order valence-electron chi connectivity index (χ1n) is 14.3. The maximum Gasteiger partial charge on any atom is 0.171 e. The summed E-state index contributed by atoms with van der Waals surface area (Å²) in [5, 5.41) is 23.8. The summed E-state index contributed by atoms with van der Waals surface area (Å²) in [6, 6.07) is 2.94. The van der Waals surface area contributed by atoms with Gasteiger partial charge < -0.3 is 20.4 Å². The molecule has 0 unspecified atom stereocenters. The maximum absolute atomic E-state index is 10.8. The number of nitrogens with zero attached hydrogens (tertiary/aromatic N) is 4. The lowest BCUT2D eigenvalue weighted by Gasteiger charge is -2.43. The fourth-order valence-electron chi connectivity index (χ4n) is 5.98. The summed E-state index contributed by atoms with van der Waals surface area (Å²) in [4.78, 5) is 12.0. The lowest BCUT2D eigenvalue weighted by atomic mass is 9.95. The van der Waals surface area contributed by atoms with E-state index in [0.29, 0.717) is 23.7 Å². The zero-order valence-corrected chi connectivity index (χ0v) is 23.0. The normalized spacial score (nSPS) is 21.8. The maximum atomic E-state index is 10.8. The molecule has 0 atom stereocenters. The molecule has 0 radical (unpaired) electrons. The summed E-state index contributed by atoms with van der Waals surface area (Å²) >= 11 is 0. The van der Waals surface area contributed by atoms with Gasteiger partial charge in [0.1, 0.15) is 0 Å². The molecule has 204 valence electrons. The van der Waals surface area contributed by atoms with Gasteiger partial charge in [-0.15, -0.1) is 0 Å². The van der Waals surface area contributed by atoms with Gasteiger partial charge in [-0.1, -0.05) is 44.4 Å². The molecular weight excluding hydrogens is 462 g/mol. The molecule has 3 heterocycles. The van der Waals surface area contributed by atoms with Crippen LogP contribution in [0.2, 0.25) is 0 Å². The van der Waals surface area contributed by atoms with Crippen molar-refractivity contribution in [3.05, 3.63) is 47.9 Å². The van der Waals surface area contributed by atoms with Crippen LogP contribution in [0.5, 0.6) is 5.75 Å². The fourth-order valence-corrected chi connectivity index (χ4v) is 5.98. The first-order valence-corrected chi connectivity index (χ1v) is 14.3. The van der Waals surface area contributed by atoms with E-state index in [-0.39, 0.29) is 5.75 Å². The predicted octanol–water partition coefficient (Wildman–Crippen LogP) is 5.06. The van der Waals surface area contributed by atoms with Crippen molar-refractivity contribution < 1.29 is 10.2 Å².